The Kier molecular flexibility index (Phi) is 7.31. The molecule has 1 atom stereocenters. The number of rotatable bonds is 6. The lowest BCUT2D eigenvalue weighted by molar-refractivity contribution is -0.137. The number of nitrogens with zero attached hydrogens (tertiary/aromatic N) is 1. The van der Waals surface area contributed by atoms with Gasteiger partial charge in [-0.1, -0.05) is 37.5 Å². The number of likely N-dealkylation sites (tertiary alicyclic amines) is 1. The molecule has 1 aromatic carbocycles. The number of hydrogen-bond donors (Lipinski definition) is 3. The minimum Gasteiger partial charge on any atom is -0.338 e. The minimum atomic E-state index is -0.227. The molecule has 0 spiro atoms. The molecule has 4 N–H and O–H groups in total. The van der Waals surface area contributed by atoms with E-state index in [0.717, 1.165) is 44.3 Å². The van der Waals surface area contributed by atoms with Gasteiger partial charge in [-0.3, -0.25) is 4.79 Å². The topological polar surface area (TPSA) is 87.5 Å². The molecule has 0 bridgehead atoms. The fourth-order valence-corrected chi connectivity index (χ4v) is 4.63. The van der Waals surface area contributed by atoms with Crippen LogP contribution in [0.15, 0.2) is 30.3 Å². The van der Waals surface area contributed by atoms with Gasteiger partial charge in [0.15, 0.2) is 0 Å². The van der Waals surface area contributed by atoms with Crippen LogP contribution < -0.4 is 16.4 Å². The van der Waals surface area contributed by atoms with E-state index in [1.165, 1.54) is 19.3 Å². The van der Waals surface area contributed by atoms with Crippen LogP contribution in [0.3, 0.4) is 0 Å². The van der Waals surface area contributed by atoms with E-state index in [1.807, 2.05) is 35.2 Å². The van der Waals surface area contributed by atoms with E-state index in [0.29, 0.717) is 19.5 Å². The third-order valence-electron chi connectivity index (χ3n) is 6.35. The summed E-state index contributed by atoms with van der Waals surface area (Å²) in [4.78, 5) is 27.3. The third-order valence-corrected chi connectivity index (χ3v) is 6.35. The molecule has 2 aliphatic rings. The summed E-state index contributed by atoms with van der Waals surface area (Å²) in [6, 6.07) is 9.23. The Morgan fingerprint density at radius 2 is 1.82 bits per heavy atom. The molecule has 2 fully saturated rings. The zero-order valence-corrected chi connectivity index (χ0v) is 16.8. The molecule has 1 unspecified atom stereocenters. The number of benzene rings is 1. The highest BCUT2D eigenvalue weighted by Gasteiger charge is 2.36. The van der Waals surface area contributed by atoms with Crippen LogP contribution in [0.4, 0.5) is 10.5 Å². The first-order valence-corrected chi connectivity index (χ1v) is 10.7. The Morgan fingerprint density at radius 1 is 1.07 bits per heavy atom. The van der Waals surface area contributed by atoms with Crippen LogP contribution in [0.2, 0.25) is 0 Å². The van der Waals surface area contributed by atoms with Crippen LogP contribution in [-0.4, -0.2) is 42.5 Å². The van der Waals surface area contributed by atoms with E-state index in [-0.39, 0.29) is 23.4 Å². The Morgan fingerprint density at radius 3 is 2.54 bits per heavy atom. The fraction of sp³-hybridized carbons (Fsp3) is 0.636. The van der Waals surface area contributed by atoms with Crippen molar-refractivity contribution >= 4 is 17.6 Å². The van der Waals surface area contributed by atoms with Gasteiger partial charge in [0, 0.05) is 31.2 Å². The normalized spacial score (nSPS) is 21.8. The summed E-state index contributed by atoms with van der Waals surface area (Å²) < 4.78 is 0. The molecular weight excluding hydrogens is 352 g/mol. The summed E-state index contributed by atoms with van der Waals surface area (Å²) >= 11 is 0. The molecule has 1 saturated heterocycles. The summed E-state index contributed by atoms with van der Waals surface area (Å²) in [5, 5.41) is 5.78. The molecule has 1 saturated carbocycles. The standard InChI is InChI=1S/C22H34N4O2/c23-17-22(12-6-2-7-13-22)15-20(27)26-14-8-5-11-19(26)16-24-21(28)25-18-9-3-1-4-10-18/h1,3-4,9-10,19H,2,5-8,11-17,23H2,(H2,24,25,28). The van der Waals surface area contributed by atoms with Crippen LogP contribution in [0, 0.1) is 5.41 Å². The molecule has 0 radical (unpaired) electrons. The van der Waals surface area contributed by atoms with Gasteiger partial charge in [-0.15, -0.1) is 0 Å². The van der Waals surface area contributed by atoms with Crippen LogP contribution in [0.5, 0.6) is 0 Å². The van der Waals surface area contributed by atoms with Crippen LogP contribution in [0.25, 0.3) is 0 Å². The molecular formula is C22H34N4O2. The van der Waals surface area contributed by atoms with Crippen molar-refractivity contribution in [2.45, 2.75) is 63.8 Å². The number of carbonyl (C=O) groups is 2. The van der Waals surface area contributed by atoms with Crippen molar-refractivity contribution in [1.29, 1.82) is 0 Å². The molecule has 1 aliphatic carbocycles. The number of hydrogen-bond acceptors (Lipinski definition) is 3. The second kappa shape index (κ2) is 9.92. The molecule has 6 nitrogen and oxygen atoms in total. The molecule has 3 amide bonds. The predicted octanol–water partition coefficient (Wildman–Crippen LogP) is 3.49. The summed E-state index contributed by atoms with van der Waals surface area (Å²) in [5.74, 6) is 0.210. The van der Waals surface area contributed by atoms with Crippen molar-refractivity contribution in [3.05, 3.63) is 30.3 Å². The third kappa shape index (κ3) is 5.47. The lowest BCUT2D eigenvalue weighted by Gasteiger charge is -2.41. The Bertz CT molecular complexity index is 643. The summed E-state index contributed by atoms with van der Waals surface area (Å²) in [6.07, 6.45) is 9.35. The average molecular weight is 387 g/mol. The quantitative estimate of drug-likeness (QED) is 0.699. The van der Waals surface area contributed by atoms with Gasteiger partial charge >= 0.3 is 6.03 Å². The summed E-state index contributed by atoms with van der Waals surface area (Å²) in [6.45, 7) is 1.86. The Hall–Kier alpha value is -2.08. The van der Waals surface area contributed by atoms with Gasteiger partial charge in [0.05, 0.1) is 0 Å². The van der Waals surface area contributed by atoms with E-state index < -0.39 is 0 Å². The van der Waals surface area contributed by atoms with Gasteiger partial charge in [0.1, 0.15) is 0 Å². The zero-order valence-electron chi connectivity index (χ0n) is 16.8. The van der Waals surface area contributed by atoms with Crippen molar-refractivity contribution in [2.24, 2.45) is 11.1 Å². The zero-order chi connectivity index (χ0) is 19.8. The molecule has 6 heteroatoms. The maximum atomic E-state index is 13.1. The number of para-hydroxylation sites is 1. The summed E-state index contributed by atoms with van der Waals surface area (Å²) in [7, 11) is 0. The molecule has 1 aromatic rings. The van der Waals surface area contributed by atoms with Crippen molar-refractivity contribution < 1.29 is 9.59 Å². The van der Waals surface area contributed by atoms with Gasteiger partial charge in [-0.25, -0.2) is 4.79 Å². The number of piperidine rings is 1. The highest BCUT2D eigenvalue weighted by atomic mass is 16.2. The highest BCUT2D eigenvalue weighted by Crippen LogP contribution is 2.39. The van der Waals surface area contributed by atoms with Gasteiger partial charge in [0.2, 0.25) is 5.91 Å². The van der Waals surface area contributed by atoms with E-state index in [9.17, 15) is 9.59 Å². The summed E-state index contributed by atoms with van der Waals surface area (Å²) in [5.41, 5.74) is 6.83. The first-order valence-electron chi connectivity index (χ1n) is 10.7. The predicted molar refractivity (Wildman–Crippen MR) is 112 cm³/mol. The van der Waals surface area contributed by atoms with E-state index in [2.05, 4.69) is 10.6 Å². The van der Waals surface area contributed by atoms with E-state index in [4.69, 9.17) is 5.73 Å². The van der Waals surface area contributed by atoms with Gasteiger partial charge in [-0.2, -0.15) is 0 Å². The number of nitrogens with one attached hydrogen (secondary N) is 2. The minimum absolute atomic E-state index is 0.0184. The lowest BCUT2D eigenvalue weighted by atomic mass is 9.71. The highest BCUT2D eigenvalue weighted by molar-refractivity contribution is 5.89. The number of urea groups is 1. The molecule has 154 valence electrons. The van der Waals surface area contributed by atoms with Gasteiger partial charge < -0.3 is 21.3 Å². The van der Waals surface area contributed by atoms with Crippen molar-refractivity contribution in [3.8, 4) is 0 Å². The molecule has 28 heavy (non-hydrogen) atoms. The molecule has 1 heterocycles. The SMILES string of the molecule is NCC1(CC(=O)N2CCCCC2CNC(=O)Nc2ccccc2)CCCCC1. The first-order chi connectivity index (χ1) is 13.6. The number of carbonyl (C=O) groups excluding carboxylic acids is 2. The maximum absolute atomic E-state index is 13.1. The largest absolute Gasteiger partial charge is 0.338 e. The molecule has 3 rings (SSSR count). The van der Waals surface area contributed by atoms with Crippen LogP contribution in [0.1, 0.15) is 57.8 Å². The number of nitrogens with two attached hydrogens (primary N) is 1. The van der Waals surface area contributed by atoms with E-state index in [1.54, 1.807) is 0 Å². The monoisotopic (exact) mass is 386 g/mol. The lowest BCUT2D eigenvalue weighted by Crippen LogP contribution is -2.51. The van der Waals surface area contributed by atoms with Gasteiger partial charge in [0.25, 0.3) is 0 Å². The fourth-order valence-electron chi connectivity index (χ4n) is 4.63. The van der Waals surface area contributed by atoms with E-state index >= 15 is 0 Å². The Labute approximate surface area is 168 Å². The van der Waals surface area contributed by atoms with Crippen molar-refractivity contribution in [3.63, 3.8) is 0 Å². The smallest absolute Gasteiger partial charge is 0.319 e. The van der Waals surface area contributed by atoms with Crippen LogP contribution in [-0.2, 0) is 4.79 Å². The average Bonchev–Trinajstić information content (AvgIpc) is 2.74. The van der Waals surface area contributed by atoms with Crippen LogP contribution >= 0.6 is 0 Å². The second-order valence-corrected chi connectivity index (χ2v) is 8.38. The van der Waals surface area contributed by atoms with Crippen molar-refractivity contribution in [1.82, 2.24) is 10.2 Å². The Balaban J connectivity index is 1.54. The first kappa shape index (κ1) is 20.6. The van der Waals surface area contributed by atoms with Gasteiger partial charge in [-0.05, 0) is 56.2 Å². The number of anilines is 1. The number of amides is 3. The maximum Gasteiger partial charge on any atom is 0.319 e. The second-order valence-electron chi connectivity index (χ2n) is 8.38. The molecule has 0 aromatic heterocycles. The molecule has 1 aliphatic heterocycles. The van der Waals surface area contributed by atoms with Crippen molar-refractivity contribution in [2.75, 3.05) is 25.0 Å².